The summed E-state index contributed by atoms with van der Waals surface area (Å²) < 4.78 is 46.4. The normalized spacial score (nSPS) is 36.8. The fourth-order valence-electron chi connectivity index (χ4n) is 2.46. The molecule has 19 heavy (non-hydrogen) atoms. The molecule has 0 radical (unpaired) electrons. The molecule has 1 amide bonds. The topological polar surface area (TPSA) is 97.4 Å². The molecule has 1 N–H and O–H groups in total. The third kappa shape index (κ3) is 3.41. The van der Waals surface area contributed by atoms with Crippen LogP contribution in [0.2, 0.25) is 0 Å². The van der Waals surface area contributed by atoms with Gasteiger partial charge >= 0.3 is 0 Å². The van der Waals surface area contributed by atoms with Gasteiger partial charge < -0.3 is 5.32 Å². The second-order valence-electron chi connectivity index (χ2n) is 5.06. The van der Waals surface area contributed by atoms with Crippen molar-refractivity contribution < 1.29 is 21.6 Å². The SMILES string of the molecule is O=C(NC1CS(=O)(=O)CC1Cl)C1CCCCS1(=O)=O. The quantitative estimate of drug-likeness (QED) is 0.687. The highest BCUT2D eigenvalue weighted by Crippen LogP contribution is 2.22. The first-order valence-electron chi connectivity index (χ1n) is 6.08. The Labute approximate surface area is 117 Å². The summed E-state index contributed by atoms with van der Waals surface area (Å²) in [5, 5.41) is 0.725. The second-order valence-corrected chi connectivity index (χ2v) is 10.1. The van der Waals surface area contributed by atoms with Gasteiger partial charge in [-0.1, -0.05) is 6.42 Å². The number of carbonyl (C=O) groups is 1. The number of halogens is 1. The molecule has 2 heterocycles. The van der Waals surface area contributed by atoms with Crippen LogP contribution in [0.4, 0.5) is 0 Å². The number of hydrogen-bond acceptors (Lipinski definition) is 5. The Balaban J connectivity index is 2.06. The van der Waals surface area contributed by atoms with Crippen molar-refractivity contribution in [1.29, 1.82) is 0 Å². The number of amides is 1. The van der Waals surface area contributed by atoms with Crippen LogP contribution < -0.4 is 5.32 Å². The first-order chi connectivity index (χ1) is 8.71. The van der Waals surface area contributed by atoms with E-state index in [1.807, 2.05) is 0 Å². The van der Waals surface area contributed by atoms with Gasteiger partial charge in [-0.15, -0.1) is 11.6 Å². The molecule has 9 heteroatoms. The Kier molecular flexibility index (Phi) is 4.13. The van der Waals surface area contributed by atoms with Crippen molar-refractivity contribution in [2.45, 2.75) is 35.9 Å². The third-order valence-corrected chi connectivity index (χ3v) is 8.03. The standard InChI is InChI=1S/C10H16ClNO5S2/c11-7-5-18(14,15)6-8(7)12-10(13)9-3-1-2-4-19(9,16)17/h7-9H,1-6H2,(H,12,13). The fraction of sp³-hybridized carbons (Fsp3) is 0.900. The predicted octanol–water partition coefficient (Wildman–Crippen LogP) is -0.526. The van der Waals surface area contributed by atoms with Crippen molar-refractivity contribution in [1.82, 2.24) is 5.32 Å². The summed E-state index contributed by atoms with van der Waals surface area (Å²) in [5.41, 5.74) is 0. The number of nitrogens with one attached hydrogen (secondary N) is 1. The minimum absolute atomic E-state index is 0.0123. The molecule has 110 valence electrons. The Bertz CT molecular complexity index is 571. The summed E-state index contributed by atoms with van der Waals surface area (Å²) in [4.78, 5) is 12.0. The van der Waals surface area contributed by atoms with Crippen molar-refractivity contribution in [2.24, 2.45) is 0 Å². The lowest BCUT2D eigenvalue weighted by molar-refractivity contribution is -0.121. The molecule has 6 nitrogen and oxygen atoms in total. The maximum absolute atomic E-state index is 12.0. The number of carbonyl (C=O) groups excluding carboxylic acids is 1. The molecule has 0 aromatic heterocycles. The van der Waals surface area contributed by atoms with Crippen LogP contribution in [0.25, 0.3) is 0 Å². The van der Waals surface area contributed by atoms with E-state index < -0.39 is 42.3 Å². The summed E-state index contributed by atoms with van der Waals surface area (Å²) in [6.45, 7) is 0. The molecule has 2 rings (SSSR count). The first kappa shape index (κ1) is 15.1. The van der Waals surface area contributed by atoms with Gasteiger partial charge in [-0.2, -0.15) is 0 Å². The van der Waals surface area contributed by atoms with Crippen molar-refractivity contribution in [3.8, 4) is 0 Å². The van der Waals surface area contributed by atoms with E-state index in [4.69, 9.17) is 11.6 Å². The van der Waals surface area contributed by atoms with Gasteiger partial charge in [0.25, 0.3) is 0 Å². The number of alkyl halides is 1. The van der Waals surface area contributed by atoms with Gasteiger partial charge in [-0.05, 0) is 12.8 Å². The molecule has 2 fully saturated rings. The summed E-state index contributed by atoms with van der Waals surface area (Å²) in [5.74, 6) is -1.01. The van der Waals surface area contributed by atoms with Gasteiger partial charge in [0.2, 0.25) is 5.91 Å². The van der Waals surface area contributed by atoms with E-state index in [0.29, 0.717) is 19.3 Å². The van der Waals surface area contributed by atoms with Gasteiger partial charge in [0, 0.05) is 0 Å². The molecule has 0 aromatic carbocycles. The van der Waals surface area contributed by atoms with E-state index in [2.05, 4.69) is 5.32 Å². The van der Waals surface area contributed by atoms with Gasteiger partial charge in [0.1, 0.15) is 5.25 Å². The van der Waals surface area contributed by atoms with Crippen LogP contribution in [-0.2, 0) is 24.5 Å². The Morgan fingerprint density at radius 3 is 2.32 bits per heavy atom. The molecule has 0 saturated carbocycles. The molecule has 3 unspecified atom stereocenters. The average Bonchev–Trinajstić information content (AvgIpc) is 2.50. The Morgan fingerprint density at radius 2 is 1.79 bits per heavy atom. The van der Waals surface area contributed by atoms with E-state index in [1.54, 1.807) is 0 Å². The van der Waals surface area contributed by atoms with Gasteiger partial charge in [0.05, 0.1) is 28.7 Å². The Hall–Kier alpha value is -0.340. The van der Waals surface area contributed by atoms with Gasteiger partial charge in [-0.3, -0.25) is 4.79 Å². The lowest BCUT2D eigenvalue weighted by atomic mass is 10.1. The number of sulfone groups is 2. The van der Waals surface area contributed by atoms with Crippen molar-refractivity contribution >= 4 is 37.2 Å². The maximum Gasteiger partial charge on any atom is 0.238 e. The van der Waals surface area contributed by atoms with E-state index in [0.717, 1.165) is 0 Å². The zero-order valence-electron chi connectivity index (χ0n) is 10.2. The highest BCUT2D eigenvalue weighted by atomic mass is 35.5. The monoisotopic (exact) mass is 329 g/mol. The number of hydrogen-bond donors (Lipinski definition) is 1. The van der Waals surface area contributed by atoms with E-state index in [1.165, 1.54) is 0 Å². The van der Waals surface area contributed by atoms with Gasteiger partial charge in [-0.25, -0.2) is 16.8 Å². The van der Waals surface area contributed by atoms with Gasteiger partial charge in [0.15, 0.2) is 19.7 Å². The summed E-state index contributed by atoms with van der Waals surface area (Å²) in [7, 11) is -6.66. The minimum Gasteiger partial charge on any atom is -0.350 e. The second kappa shape index (κ2) is 5.21. The zero-order chi connectivity index (χ0) is 14.3. The van der Waals surface area contributed by atoms with Crippen molar-refractivity contribution in [3.05, 3.63) is 0 Å². The fourth-order valence-corrected chi connectivity index (χ4v) is 6.82. The lowest BCUT2D eigenvalue weighted by Gasteiger charge is -2.23. The van der Waals surface area contributed by atoms with Crippen molar-refractivity contribution in [2.75, 3.05) is 17.3 Å². The molecule has 2 aliphatic rings. The molecule has 0 bridgehead atoms. The summed E-state index contributed by atoms with van der Waals surface area (Å²) >= 11 is 5.87. The van der Waals surface area contributed by atoms with E-state index in [9.17, 15) is 21.6 Å². The predicted molar refractivity (Wildman–Crippen MR) is 71.7 cm³/mol. The molecule has 0 spiro atoms. The van der Waals surface area contributed by atoms with E-state index >= 15 is 0 Å². The lowest BCUT2D eigenvalue weighted by Crippen LogP contribution is -2.49. The number of rotatable bonds is 2. The van der Waals surface area contributed by atoms with Crippen LogP contribution >= 0.6 is 11.6 Å². The smallest absolute Gasteiger partial charge is 0.238 e. The molecule has 3 atom stereocenters. The third-order valence-electron chi connectivity index (χ3n) is 3.48. The average molecular weight is 330 g/mol. The Morgan fingerprint density at radius 1 is 1.11 bits per heavy atom. The van der Waals surface area contributed by atoms with Crippen LogP contribution in [-0.4, -0.2) is 56.7 Å². The highest BCUT2D eigenvalue weighted by molar-refractivity contribution is 7.92. The molecule has 0 aromatic rings. The van der Waals surface area contributed by atoms with E-state index in [-0.39, 0.29) is 17.3 Å². The largest absolute Gasteiger partial charge is 0.350 e. The molecule has 2 aliphatic heterocycles. The van der Waals surface area contributed by atoms with Crippen LogP contribution in [0.1, 0.15) is 19.3 Å². The molecular weight excluding hydrogens is 314 g/mol. The molecular formula is C10H16ClNO5S2. The van der Waals surface area contributed by atoms with Crippen molar-refractivity contribution in [3.63, 3.8) is 0 Å². The zero-order valence-corrected chi connectivity index (χ0v) is 12.6. The van der Waals surface area contributed by atoms with Crippen LogP contribution in [0.5, 0.6) is 0 Å². The van der Waals surface area contributed by atoms with Crippen LogP contribution in [0.15, 0.2) is 0 Å². The minimum atomic E-state index is -3.42. The molecule has 0 aliphatic carbocycles. The summed E-state index contributed by atoms with van der Waals surface area (Å²) in [6.07, 6.45) is 1.55. The maximum atomic E-state index is 12.0. The highest BCUT2D eigenvalue weighted by Gasteiger charge is 2.41. The van der Waals surface area contributed by atoms with Crippen LogP contribution in [0.3, 0.4) is 0 Å². The molecule has 2 saturated heterocycles. The summed E-state index contributed by atoms with van der Waals surface area (Å²) in [6, 6.07) is -0.698. The first-order valence-corrected chi connectivity index (χ1v) is 10.0. The van der Waals surface area contributed by atoms with Crippen LogP contribution in [0, 0.1) is 0 Å².